The van der Waals surface area contributed by atoms with Crippen LogP contribution in [0.5, 0.6) is 0 Å². The van der Waals surface area contributed by atoms with E-state index in [9.17, 15) is 14.7 Å². The van der Waals surface area contributed by atoms with Gasteiger partial charge < -0.3 is 14.7 Å². The third-order valence-electron chi connectivity index (χ3n) is 8.09. The Kier molecular flexibility index (Phi) is 8.68. The van der Waals surface area contributed by atoms with Crippen molar-refractivity contribution in [3.8, 4) is 0 Å². The molecule has 1 amide bonds. The van der Waals surface area contributed by atoms with Gasteiger partial charge in [-0.05, 0) is 67.7 Å². The Morgan fingerprint density at radius 1 is 0.842 bits per heavy atom. The molecular formula is C33H39NO4. The van der Waals surface area contributed by atoms with Crippen molar-refractivity contribution in [1.29, 1.82) is 0 Å². The third-order valence-corrected chi connectivity index (χ3v) is 8.09. The molecule has 5 heteroatoms. The molecule has 0 aromatic heterocycles. The maximum Gasteiger partial charge on any atom is 0.315 e. The first-order valence-electron chi connectivity index (χ1n) is 13.6. The summed E-state index contributed by atoms with van der Waals surface area (Å²) in [5, 5.41) is 12.1. The first-order chi connectivity index (χ1) is 18.3. The number of methoxy groups -OCH3 is 1. The molecule has 4 rings (SSSR count). The van der Waals surface area contributed by atoms with Crippen molar-refractivity contribution in [2.75, 3.05) is 20.2 Å². The summed E-state index contributed by atoms with van der Waals surface area (Å²) in [5.41, 5.74) is 2.10. The summed E-state index contributed by atoms with van der Waals surface area (Å²) < 4.78 is 4.92. The van der Waals surface area contributed by atoms with E-state index in [0.29, 0.717) is 19.5 Å². The Bertz CT molecular complexity index is 1160. The van der Waals surface area contributed by atoms with Gasteiger partial charge in [0.2, 0.25) is 5.91 Å². The van der Waals surface area contributed by atoms with Gasteiger partial charge in [-0.3, -0.25) is 9.59 Å². The number of aliphatic hydroxyl groups is 1. The van der Waals surface area contributed by atoms with E-state index in [1.165, 1.54) is 7.11 Å². The predicted octanol–water partition coefficient (Wildman–Crippen LogP) is 5.63. The fourth-order valence-corrected chi connectivity index (χ4v) is 5.63. The summed E-state index contributed by atoms with van der Waals surface area (Å²) in [5.74, 6) is -0.0513. The van der Waals surface area contributed by atoms with Gasteiger partial charge in [0.25, 0.3) is 0 Å². The molecule has 0 bridgehead atoms. The Labute approximate surface area is 226 Å². The number of hydrogen-bond donors (Lipinski definition) is 1. The second-order valence-electron chi connectivity index (χ2n) is 10.8. The minimum atomic E-state index is -1.08. The van der Waals surface area contributed by atoms with E-state index < -0.39 is 11.0 Å². The number of amides is 1. The van der Waals surface area contributed by atoms with Crippen LogP contribution in [0.25, 0.3) is 0 Å². The Balaban J connectivity index is 1.32. The number of rotatable bonds is 9. The summed E-state index contributed by atoms with van der Waals surface area (Å²) in [4.78, 5) is 27.0. The number of esters is 1. The number of piperidine rings is 1. The van der Waals surface area contributed by atoms with Crippen LogP contribution < -0.4 is 0 Å². The standard InChI is InChI=1S/C33H39NO4/c1-32(2,31(36)38-3)26-19-17-25(18-20-26)11-10-16-30(35)34-23-21-29(22-24-34)33(37,27-12-6-4-7-13-27)28-14-8-5-9-15-28/h4-9,12-15,17-20,29,37H,10-11,16,21-24H2,1-3H3. The Morgan fingerprint density at radius 3 is 1.87 bits per heavy atom. The van der Waals surface area contributed by atoms with Gasteiger partial charge >= 0.3 is 5.97 Å². The van der Waals surface area contributed by atoms with Crippen LogP contribution >= 0.6 is 0 Å². The van der Waals surface area contributed by atoms with Crippen molar-refractivity contribution in [3.63, 3.8) is 0 Å². The topological polar surface area (TPSA) is 66.8 Å². The quantitative estimate of drug-likeness (QED) is 0.376. The average molecular weight is 514 g/mol. The summed E-state index contributed by atoms with van der Waals surface area (Å²) in [7, 11) is 1.41. The molecule has 3 aromatic carbocycles. The Hall–Kier alpha value is -3.44. The largest absolute Gasteiger partial charge is 0.468 e. The number of ether oxygens (including phenoxy) is 1. The second-order valence-corrected chi connectivity index (χ2v) is 10.8. The van der Waals surface area contributed by atoms with Crippen LogP contribution in [-0.2, 0) is 31.8 Å². The van der Waals surface area contributed by atoms with Crippen LogP contribution in [0.1, 0.15) is 61.8 Å². The van der Waals surface area contributed by atoms with E-state index in [0.717, 1.165) is 47.9 Å². The maximum absolute atomic E-state index is 13.0. The van der Waals surface area contributed by atoms with Gasteiger partial charge in [-0.1, -0.05) is 84.9 Å². The van der Waals surface area contributed by atoms with E-state index in [2.05, 4.69) is 0 Å². The molecule has 0 unspecified atom stereocenters. The summed E-state index contributed by atoms with van der Waals surface area (Å²) in [6, 6.07) is 27.8. The van der Waals surface area contributed by atoms with E-state index >= 15 is 0 Å². The zero-order valence-corrected chi connectivity index (χ0v) is 22.7. The van der Waals surface area contributed by atoms with Gasteiger partial charge in [0.15, 0.2) is 0 Å². The van der Waals surface area contributed by atoms with Crippen molar-refractivity contribution in [2.45, 2.75) is 57.0 Å². The van der Waals surface area contributed by atoms with Gasteiger partial charge in [-0.25, -0.2) is 0 Å². The lowest BCUT2D eigenvalue weighted by atomic mass is 9.72. The van der Waals surface area contributed by atoms with Crippen LogP contribution in [0.2, 0.25) is 0 Å². The van der Waals surface area contributed by atoms with Crippen LogP contribution in [0, 0.1) is 5.92 Å². The van der Waals surface area contributed by atoms with Crippen LogP contribution in [-0.4, -0.2) is 42.1 Å². The first-order valence-corrected chi connectivity index (χ1v) is 13.6. The fraction of sp³-hybridized carbons (Fsp3) is 0.394. The molecule has 1 saturated heterocycles. The predicted molar refractivity (Wildman–Crippen MR) is 150 cm³/mol. The van der Waals surface area contributed by atoms with Crippen LogP contribution in [0.15, 0.2) is 84.9 Å². The van der Waals surface area contributed by atoms with E-state index in [4.69, 9.17) is 4.74 Å². The fourth-order valence-electron chi connectivity index (χ4n) is 5.63. The number of carbonyl (C=O) groups excluding carboxylic acids is 2. The molecule has 1 heterocycles. The molecule has 5 nitrogen and oxygen atoms in total. The van der Waals surface area contributed by atoms with Crippen LogP contribution in [0.4, 0.5) is 0 Å². The van der Waals surface area contributed by atoms with Crippen LogP contribution in [0.3, 0.4) is 0 Å². The number of carbonyl (C=O) groups is 2. The molecule has 1 N–H and O–H groups in total. The molecule has 0 aliphatic carbocycles. The molecule has 0 atom stereocenters. The molecule has 0 saturated carbocycles. The molecule has 3 aromatic rings. The van der Waals surface area contributed by atoms with Crippen molar-refractivity contribution < 1.29 is 19.4 Å². The van der Waals surface area contributed by atoms with E-state index in [1.54, 1.807) is 0 Å². The highest BCUT2D eigenvalue weighted by Crippen LogP contribution is 2.42. The lowest BCUT2D eigenvalue weighted by molar-refractivity contribution is -0.146. The van der Waals surface area contributed by atoms with Crippen molar-refractivity contribution in [3.05, 3.63) is 107 Å². The normalized spacial score (nSPS) is 14.8. The number of likely N-dealkylation sites (tertiary alicyclic amines) is 1. The van der Waals surface area contributed by atoms with Gasteiger partial charge in [-0.15, -0.1) is 0 Å². The summed E-state index contributed by atoms with van der Waals surface area (Å²) >= 11 is 0. The SMILES string of the molecule is COC(=O)C(C)(C)c1ccc(CCCC(=O)N2CCC(C(O)(c3ccccc3)c3ccccc3)CC2)cc1. The van der Waals surface area contributed by atoms with E-state index in [1.807, 2.05) is 104 Å². The van der Waals surface area contributed by atoms with Crippen molar-refractivity contribution >= 4 is 11.9 Å². The van der Waals surface area contributed by atoms with Gasteiger partial charge in [0, 0.05) is 19.5 Å². The smallest absolute Gasteiger partial charge is 0.315 e. The summed E-state index contributed by atoms with van der Waals surface area (Å²) in [6.07, 6.45) is 3.59. The van der Waals surface area contributed by atoms with Crippen molar-refractivity contribution in [2.24, 2.45) is 5.92 Å². The highest BCUT2D eigenvalue weighted by atomic mass is 16.5. The average Bonchev–Trinajstić information content (AvgIpc) is 2.97. The molecule has 38 heavy (non-hydrogen) atoms. The highest BCUT2D eigenvalue weighted by molar-refractivity contribution is 5.82. The minimum absolute atomic E-state index is 0.0316. The number of benzene rings is 3. The highest BCUT2D eigenvalue weighted by Gasteiger charge is 2.42. The molecule has 1 aliphatic heterocycles. The number of nitrogens with zero attached hydrogens (tertiary/aromatic N) is 1. The number of aryl methyl sites for hydroxylation is 1. The third kappa shape index (κ3) is 5.83. The van der Waals surface area contributed by atoms with Gasteiger partial charge in [-0.2, -0.15) is 0 Å². The van der Waals surface area contributed by atoms with Gasteiger partial charge in [0.05, 0.1) is 12.5 Å². The molecule has 1 fully saturated rings. The molecule has 200 valence electrons. The lowest BCUT2D eigenvalue weighted by Crippen LogP contribution is -2.46. The number of hydrogen-bond acceptors (Lipinski definition) is 4. The summed E-state index contributed by atoms with van der Waals surface area (Å²) in [6.45, 7) is 5.03. The minimum Gasteiger partial charge on any atom is -0.468 e. The maximum atomic E-state index is 13.0. The molecule has 0 radical (unpaired) electrons. The molecular weight excluding hydrogens is 474 g/mol. The monoisotopic (exact) mass is 513 g/mol. The first kappa shape index (κ1) is 27.6. The molecule has 0 spiro atoms. The zero-order chi connectivity index (χ0) is 27.2. The van der Waals surface area contributed by atoms with Gasteiger partial charge in [0.1, 0.15) is 5.60 Å². The zero-order valence-electron chi connectivity index (χ0n) is 22.7. The Morgan fingerprint density at radius 2 is 1.37 bits per heavy atom. The molecule has 1 aliphatic rings. The van der Waals surface area contributed by atoms with Crippen molar-refractivity contribution in [1.82, 2.24) is 4.90 Å². The lowest BCUT2D eigenvalue weighted by Gasteiger charge is -2.42. The van der Waals surface area contributed by atoms with E-state index in [-0.39, 0.29) is 17.8 Å². The second kappa shape index (κ2) is 12.0.